The lowest BCUT2D eigenvalue weighted by molar-refractivity contribution is -0.142. The van der Waals surface area contributed by atoms with Gasteiger partial charge < -0.3 is 4.74 Å². The van der Waals surface area contributed by atoms with Gasteiger partial charge in [-0.3, -0.25) is 0 Å². The molecule has 80 valence electrons. The molecule has 0 aliphatic carbocycles. The highest BCUT2D eigenvalue weighted by Gasteiger charge is 2.06. The minimum atomic E-state index is -0.182. The van der Waals surface area contributed by atoms with E-state index in [0.717, 1.165) is 12.8 Å². The topological polar surface area (TPSA) is 26.3 Å². The first-order valence-corrected chi connectivity index (χ1v) is 5.66. The molecule has 0 spiro atoms. The van der Waals surface area contributed by atoms with Gasteiger partial charge in [0.25, 0.3) is 0 Å². The number of hydrogen-bond acceptors (Lipinski definition) is 2. The van der Waals surface area contributed by atoms with Gasteiger partial charge >= 0.3 is 5.97 Å². The maximum atomic E-state index is 11.2. The van der Waals surface area contributed by atoms with E-state index in [2.05, 4.69) is 0 Å². The number of ether oxygens (including phenoxy) is 1. The Bertz CT molecular complexity index is 196. The van der Waals surface area contributed by atoms with Crippen molar-refractivity contribution in [3.8, 4) is 0 Å². The SMILES string of the molecule is C[C@H]1CCCCCCC/C=C\C(=O)O1. The van der Waals surface area contributed by atoms with Crippen LogP contribution in [0.1, 0.15) is 51.9 Å². The van der Waals surface area contributed by atoms with E-state index >= 15 is 0 Å². The Hall–Kier alpha value is -0.790. The van der Waals surface area contributed by atoms with Crippen LogP contribution in [0.25, 0.3) is 0 Å². The fourth-order valence-corrected chi connectivity index (χ4v) is 1.70. The second-order valence-electron chi connectivity index (χ2n) is 3.99. The molecule has 1 aliphatic heterocycles. The third-order valence-electron chi connectivity index (χ3n) is 2.55. The highest BCUT2D eigenvalue weighted by atomic mass is 16.5. The molecule has 0 aromatic heterocycles. The first-order chi connectivity index (χ1) is 6.79. The van der Waals surface area contributed by atoms with Crippen LogP contribution < -0.4 is 0 Å². The summed E-state index contributed by atoms with van der Waals surface area (Å²) in [6, 6.07) is 0. The highest BCUT2D eigenvalue weighted by molar-refractivity contribution is 5.81. The molecule has 0 aromatic rings. The summed E-state index contributed by atoms with van der Waals surface area (Å²) >= 11 is 0. The third-order valence-corrected chi connectivity index (χ3v) is 2.55. The molecule has 1 rings (SSSR count). The molecule has 2 heteroatoms. The van der Waals surface area contributed by atoms with Gasteiger partial charge in [0.15, 0.2) is 0 Å². The quantitative estimate of drug-likeness (QED) is 0.556. The average Bonchev–Trinajstić information content (AvgIpc) is 2.13. The summed E-state index contributed by atoms with van der Waals surface area (Å²) in [6.07, 6.45) is 11.8. The summed E-state index contributed by atoms with van der Waals surface area (Å²) in [4.78, 5) is 11.2. The zero-order chi connectivity index (χ0) is 10.2. The Morgan fingerprint density at radius 1 is 1.21 bits per heavy atom. The van der Waals surface area contributed by atoms with Crippen LogP contribution in [0.4, 0.5) is 0 Å². The molecule has 0 amide bonds. The second-order valence-corrected chi connectivity index (χ2v) is 3.99. The molecular weight excluding hydrogens is 176 g/mol. The lowest BCUT2D eigenvalue weighted by Gasteiger charge is -2.12. The van der Waals surface area contributed by atoms with Crippen LogP contribution in [0.3, 0.4) is 0 Å². The number of cyclic esters (lactones) is 1. The summed E-state index contributed by atoms with van der Waals surface area (Å²) in [5.74, 6) is -0.182. The summed E-state index contributed by atoms with van der Waals surface area (Å²) in [5, 5.41) is 0. The van der Waals surface area contributed by atoms with Gasteiger partial charge in [-0.2, -0.15) is 0 Å². The Balaban J connectivity index is 2.38. The van der Waals surface area contributed by atoms with Crippen molar-refractivity contribution < 1.29 is 9.53 Å². The maximum absolute atomic E-state index is 11.2. The molecule has 0 saturated carbocycles. The number of rotatable bonds is 0. The molecule has 14 heavy (non-hydrogen) atoms. The second kappa shape index (κ2) is 6.63. The summed E-state index contributed by atoms with van der Waals surface area (Å²) in [5.41, 5.74) is 0. The lowest BCUT2D eigenvalue weighted by Crippen LogP contribution is -2.12. The van der Waals surface area contributed by atoms with Crippen molar-refractivity contribution in [2.24, 2.45) is 0 Å². The summed E-state index contributed by atoms with van der Waals surface area (Å²) in [7, 11) is 0. The van der Waals surface area contributed by atoms with Gasteiger partial charge in [-0.25, -0.2) is 4.79 Å². The van der Waals surface area contributed by atoms with E-state index in [1.165, 1.54) is 32.1 Å². The summed E-state index contributed by atoms with van der Waals surface area (Å²) in [6.45, 7) is 1.97. The predicted octanol–water partition coefficient (Wildman–Crippen LogP) is 3.22. The molecule has 0 radical (unpaired) electrons. The van der Waals surface area contributed by atoms with Crippen LogP contribution >= 0.6 is 0 Å². The first kappa shape index (κ1) is 11.3. The number of carbonyl (C=O) groups is 1. The van der Waals surface area contributed by atoms with Crippen molar-refractivity contribution in [2.75, 3.05) is 0 Å². The molecule has 0 aromatic carbocycles. The minimum absolute atomic E-state index is 0.0755. The molecule has 1 atom stereocenters. The van der Waals surface area contributed by atoms with Crippen molar-refractivity contribution in [1.82, 2.24) is 0 Å². The van der Waals surface area contributed by atoms with Gasteiger partial charge in [0.1, 0.15) is 0 Å². The highest BCUT2D eigenvalue weighted by Crippen LogP contribution is 2.12. The Kier molecular flexibility index (Phi) is 5.35. The Morgan fingerprint density at radius 2 is 1.93 bits per heavy atom. The van der Waals surface area contributed by atoms with Gasteiger partial charge in [-0.1, -0.05) is 25.3 Å². The Morgan fingerprint density at radius 3 is 2.79 bits per heavy atom. The van der Waals surface area contributed by atoms with Gasteiger partial charge in [0.2, 0.25) is 0 Å². The predicted molar refractivity (Wildman–Crippen MR) is 57.0 cm³/mol. The molecule has 0 saturated heterocycles. The molecule has 0 bridgehead atoms. The smallest absolute Gasteiger partial charge is 0.330 e. The van der Waals surface area contributed by atoms with E-state index in [4.69, 9.17) is 4.74 Å². The van der Waals surface area contributed by atoms with E-state index in [0.29, 0.717) is 0 Å². The van der Waals surface area contributed by atoms with Crippen molar-refractivity contribution in [2.45, 2.75) is 58.0 Å². The van der Waals surface area contributed by atoms with Crippen molar-refractivity contribution in [3.05, 3.63) is 12.2 Å². The van der Waals surface area contributed by atoms with Gasteiger partial charge in [-0.15, -0.1) is 0 Å². The maximum Gasteiger partial charge on any atom is 0.330 e. The number of hydrogen-bond donors (Lipinski definition) is 0. The molecular formula is C12H20O2. The van der Waals surface area contributed by atoms with E-state index in [1.807, 2.05) is 13.0 Å². The zero-order valence-corrected chi connectivity index (χ0v) is 9.00. The van der Waals surface area contributed by atoms with Crippen LogP contribution in [0.5, 0.6) is 0 Å². The molecule has 0 unspecified atom stereocenters. The van der Waals surface area contributed by atoms with Crippen LogP contribution in [-0.2, 0) is 9.53 Å². The van der Waals surface area contributed by atoms with Crippen LogP contribution in [-0.4, -0.2) is 12.1 Å². The van der Waals surface area contributed by atoms with Crippen LogP contribution in [0, 0.1) is 0 Å². The molecule has 2 nitrogen and oxygen atoms in total. The van der Waals surface area contributed by atoms with Crippen LogP contribution in [0.15, 0.2) is 12.2 Å². The lowest BCUT2D eigenvalue weighted by atomic mass is 10.1. The first-order valence-electron chi connectivity index (χ1n) is 5.66. The van der Waals surface area contributed by atoms with Gasteiger partial charge in [0, 0.05) is 6.08 Å². The monoisotopic (exact) mass is 196 g/mol. The van der Waals surface area contributed by atoms with E-state index in [9.17, 15) is 4.79 Å². The summed E-state index contributed by atoms with van der Waals surface area (Å²) < 4.78 is 5.20. The van der Waals surface area contributed by atoms with E-state index < -0.39 is 0 Å². The van der Waals surface area contributed by atoms with Gasteiger partial charge in [0.05, 0.1) is 6.10 Å². The molecule has 0 N–H and O–H groups in total. The molecule has 1 heterocycles. The zero-order valence-electron chi connectivity index (χ0n) is 9.00. The largest absolute Gasteiger partial charge is 0.460 e. The fraction of sp³-hybridized carbons (Fsp3) is 0.750. The number of allylic oxidation sites excluding steroid dienone is 1. The number of carbonyl (C=O) groups excluding carboxylic acids is 1. The fourth-order valence-electron chi connectivity index (χ4n) is 1.70. The van der Waals surface area contributed by atoms with Gasteiger partial charge in [-0.05, 0) is 32.6 Å². The standard InChI is InChI=1S/C12H20O2/c1-11-9-7-5-3-2-4-6-8-10-12(13)14-11/h8,10-11H,2-7,9H2,1H3/b10-8-/t11-/m0/s1. The third kappa shape index (κ3) is 5.05. The van der Waals surface area contributed by atoms with Crippen molar-refractivity contribution in [3.63, 3.8) is 0 Å². The van der Waals surface area contributed by atoms with Crippen molar-refractivity contribution >= 4 is 5.97 Å². The van der Waals surface area contributed by atoms with E-state index in [-0.39, 0.29) is 12.1 Å². The molecule has 1 aliphatic rings. The van der Waals surface area contributed by atoms with Crippen molar-refractivity contribution in [1.29, 1.82) is 0 Å². The Labute approximate surface area is 86.3 Å². The minimum Gasteiger partial charge on any atom is -0.460 e. The average molecular weight is 196 g/mol. The normalized spacial score (nSPS) is 28.4. The van der Waals surface area contributed by atoms with E-state index in [1.54, 1.807) is 6.08 Å². The number of esters is 1. The molecule has 0 fully saturated rings. The van der Waals surface area contributed by atoms with Crippen LogP contribution in [0.2, 0.25) is 0 Å².